The number of benzene rings is 3. The molecule has 0 aliphatic heterocycles. The summed E-state index contributed by atoms with van der Waals surface area (Å²) in [5.41, 5.74) is 1.45. The van der Waals surface area contributed by atoms with Crippen LogP contribution in [0.2, 0.25) is 15.1 Å². The standard InChI is InChI=1S/C27H21Cl3N4O3/c1-16-24(27(37)34(33(16)2)20-6-4-3-5-7-20)32-26(36)23(14-17-8-10-18(28)11-9-17)31-25(35)21-13-12-19(29)15-22(21)30/h3-15H,1-2H3,(H,31,35)(H,32,36)/b23-14-. The highest BCUT2D eigenvalue weighted by atomic mass is 35.5. The molecule has 0 spiro atoms. The van der Waals surface area contributed by atoms with Gasteiger partial charge in [0.2, 0.25) is 0 Å². The molecule has 2 N–H and O–H groups in total. The van der Waals surface area contributed by atoms with Crippen LogP contribution in [-0.2, 0) is 11.8 Å². The summed E-state index contributed by atoms with van der Waals surface area (Å²) in [5.74, 6) is -1.32. The zero-order valence-corrected chi connectivity index (χ0v) is 22.0. The first-order chi connectivity index (χ1) is 17.7. The summed E-state index contributed by atoms with van der Waals surface area (Å²) in [6, 6.07) is 20.1. The molecular weight excluding hydrogens is 535 g/mol. The van der Waals surface area contributed by atoms with Gasteiger partial charge in [0, 0.05) is 17.1 Å². The van der Waals surface area contributed by atoms with Gasteiger partial charge in [-0.25, -0.2) is 4.68 Å². The van der Waals surface area contributed by atoms with Crippen molar-refractivity contribution in [2.75, 3.05) is 5.32 Å². The Balaban J connectivity index is 1.71. The van der Waals surface area contributed by atoms with Crippen LogP contribution in [0, 0.1) is 6.92 Å². The predicted octanol–water partition coefficient (Wildman–Crippen LogP) is 5.85. The van der Waals surface area contributed by atoms with Gasteiger partial charge in [-0.3, -0.25) is 19.1 Å². The zero-order valence-electron chi connectivity index (χ0n) is 19.8. The van der Waals surface area contributed by atoms with E-state index >= 15 is 0 Å². The molecule has 0 aliphatic rings. The van der Waals surface area contributed by atoms with Crippen LogP contribution in [0.3, 0.4) is 0 Å². The first-order valence-electron chi connectivity index (χ1n) is 11.0. The van der Waals surface area contributed by atoms with E-state index < -0.39 is 17.4 Å². The minimum absolute atomic E-state index is 0.0807. The zero-order chi connectivity index (χ0) is 26.7. The van der Waals surface area contributed by atoms with Crippen molar-refractivity contribution in [1.82, 2.24) is 14.7 Å². The highest BCUT2D eigenvalue weighted by Crippen LogP contribution is 2.22. The van der Waals surface area contributed by atoms with Gasteiger partial charge in [0.05, 0.1) is 22.0 Å². The number of halogens is 3. The van der Waals surface area contributed by atoms with Crippen molar-refractivity contribution in [3.63, 3.8) is 0 Å². The second kappa shape index (κ2) is 11.1. The highest BCUT2D eigenvalue weighted by Gasteiger charge is 2.22. The Hall–Kier alpha value is -3.78. The Labute approximate surface area is 227 Å². The van der Waals surface area contributed by atoms with E-state index in [1.165, 1.54) is 29.0 Å². The molecule has 2 amide bonds. The maximum atomic E-state index is 13.4. The van der Waals surface area contributed by atoms with Crippen LogP contribution in [-0.4, -0.2) is 21.2 Å². The number of carbonyl (C=O) groups excluding carboxylic acids is 2. The number of para-hydroxylation sites is 1. The molecule has 0 bridgehead atoms. The van der Waals surface area contributed by atoms with Gasteiger partial charge in [0.15, 0.2) is 0 Å². The number of rotatable bonds is 6. The number of hydrogen-bond acceptors (Lipinski definition) is 3. The molecule has 10 heteroatoms. The van der Waals surface area contributed by atoms with Crippen molar-refractivity contribution in [2.45, 2.75) is 6.92 Å². The Bertz CT molecular complexity index is 1570. The summed E-state index contributed by atoms with van der Waals surface area (Å²) < 4.78 is 3.08. The number of anilines is 1. The fraction of sp³-hybridized carbons (Fsp3) is 0.0741. The summed E-state index contributed by atoms with van der Waals surface area (Å²) in [6.45, 7) is 1.71. The van der Waals surface area contributed by atoms with Crippen molar-refractivity contribution in [3.05, 3.63) is 121 Å². The Morgan fingerprint density at radius 2 is 1.54 bits per heavy atom. The van der Waals surface area contributed by atoms with E-state index in [2.05, 4.69) is 10.6 Å². The minimum Gasteiger partial charge on any atom is -0.317 e. The van der Waals surface area contributed by atoms with Gasteiger partial charge in [0.1, 0.15) is 11.4 Å². The highest BCUT2D eigenvalue weighted by molar-refractivity contribution is 6.37. The molecule has 0 aliphatic carbocycles. The van der Waals surface area contributed by atoms with Crippen molar-refractivity contribution in [1.29, 1.82) is 0 Å². The molecule has 0 radical (unpaired) electrons. The first kappa shape index (κ1) is 26.3. The molecule has 0 saturated carbocycles. The van der Waals surface area contributed by atoms with Gasteiger partial charge in [-0.05, 0) is 61.0 Å². The van der Waals surface area contributed by atoms with Crippen molar-refractivity contribution in [3.8, 4) is 5.69 Å². The monoisotopic (exact) mass is 554 g/mol. The van der Waals surface area contributed by atoms with Crippen molar-refractivity contribution in [2.24, 2.45) is 7.05 Å². The molecule has 4 rings (SSSR count). The molecule has 0 atom stereocenters. The SMILES string of the molecule is Cc1c(NC(=O)/C(=C/c2ccc(Cl)cc2)NC(=O)c2ccc(Cl)cc2Cl)c(=O)n(-c2ccccc2)n1C. The van der Waals surface area contributed by atoms with Crippen LogP contribution in [0.5, 0.6) is 0 Å². The number of nitrogens with zero attached hydrogens (tertiary/aromatic N) is 2. The first-order valence-corrected chi connectivity index (χ1v) is 12.2. The number of aromatic nitrogens is 2. The van der Waals surface area contributed by atoms with E-state index in [4.69, 9.17) is 34.8 Å². The molecule has 3 aromatic carbocycles. The molecule has 4 aromatic rings. The van der Waals surface area contributed by atoms with Gasteiger partial charge in [-0.15, -0.1) is 0 Å². The summed E-state index contributed by atoms with van der Waals surface area (Å²) in [4.78, 5) is 39.7. The second-order valence-electron chi connectivity index (χ2n) is 8.08. The lowest BCUT2D eigenvalue weighted by atomic mass is 10.1. The summed E-state index contributed by atoms with van der Waals surface area (Å²) in [5, 5.41) is 6.28. The van der Waals surface area contributed by atoms with Gasteiger partial charge < -0.3 is 10.6 Å². The molecular formula is C27H21Cl3N4O3. The molecule has 7 nitrogen and oxygen atoms in total. The Morgan fingerprint density at radius 3 is 2.19 bits per heavy atom. The molecule has 0 unspecified atom stereocenters. The predicted molar refractivity (Wildman–Crippen MR) is 148 cm³/mol. The lowest BCUT2D eigenvalue weighted by Crippen LogP contribution is -2.32. The van der Waals surface area contributed by atoms with E-state index in [-0.39, 0.29) is 22.0 Å². The largest absolute Gasteiger partial charge is 0.317 e. The smallest absolute Gasteiger partial charge is 0.295 e. The third-order valence-electron chi connectivity index (χ3n) is 5.64. The molecule has 37 heavy (non-hydrogen) atoms. The van der Waals surface area contributed by atoms with Crippen molar-refractivity contribution >= 4 is 58.4 Å². The quantitative estimate of drug-likeness (QED) is 0.293. The van der Waals surface area contributed by atoms with Crippen LogP contribution in [0.1, 0.15) is 21.6 Å². The molecule has 0 fully saturated rings. The molecule has 0 saturated heterocycles. The van der Waals surface area contributed by atoms with Gasteiger partial charge in [0.25, 0.3) is 17.4 Å². The lowest BCUT2D eigenvalue weighted by Gasteiger charge is -2.12. The van der Waals surface area contributed by atoms with Crippen LogP contribution in [0.4, 0.5) is 5.69 Å². The van der Waals surface area contributed by atoms with E-state index in [1.807, 2.05) is 18.2 Å². The van der Waals surface area contributed by atoms with Gasteiger partial charge in [-0.1, -0.05) is 65.1 Å². The topological polar surface area (TPSA) is 85.1 Å². The second-order valence-corrected chi connectivity index (χ2v) is 9.36. The third-order valence-corrected chi connectivity index (χ3v) is 6.44. The average Bonchev–Trinajstić information content (AvgIpc) is 3.08. The summed E-state index contributed by atoms with van der Waals surface area (Å²) >= 11 is 18.1. The fourth-order valence-corrected chi connectivity index (χ4v) is 4.26. The van der Waals surface area contributed by atoms with Crippen LogP contribution in [0.15, 0.2) is 83.3 Å². The van der Waals surface area contributed by atoms with E-state index in [1.54, 1.807) is 55.1 Å². The van der Waals surface area contributed by atoms with Gasteiger partial charge >= 0.3 is 0 Å². The fourth-order valence-electron chi connectivity index (χ4n) is 3.64. The van der Waals surface area contributed by atoms with Gasteiger partial charge in [-0.2, -0.15) is 0 Å². The van der Waals surface area contributed by atoms with E-state index in [9.17, 15) is 14.4 Å². The maximum absolute atomic E-state index is 13.4. The van der Waals surface area contributed by atoms with Crippen LogP contribution in [0.25, 0.3) is 11.8 Å². The summed E-state index contributed by atoms with van der Waals surface area (Å²) in [6.07, 6.45) is 1.47. The van der Waals surface area contributed by atoms with E-state index in [0.717, 1.165) is 0 Å². The number of carbonyl (C=O) groups is 2. The van der Waals surface area contributed by atoms with E-state index in [0.29, 0.717) is 27.0 Å². The maximum Gasteiger partial charge on any atom is 0.295 e. The Kier molecular flexibility index (Phi) is 7.88. The number of hydrogen-bond donors (Lipinski definition) is 2. The molecule has 1 heterocycles. The minimum atomic E-state index is -0.695. The number of nitrogens with one attached hydrogen (secondary N) is 2. The number of amides is 2. The lowest BCUT2D eigenvalue weighted by molar-refractivity contribution is -0.113. The third kappa shape index (κ3) is 5.80. The average molecular weight is 556 g/mol. The molecule has 1 aromatic heterocycles. The molecule has 188 valence electrons. The summed E-state index contributed by atoms with van der Waals surface area (Å²) in [7, 11) is 1.72. The van der Waals surface area contributed by atoms with Crippen molar-refractivity contribution < 1.29 is 9.59 Å². The van der Waals surface area contributed by atoms with Crippen LogP contribution >= 0.6 is 34.8 Å². The van der Waals surface area contributed by atoms with Crippen LogP contribution < -0.4 is 16.2 Å². The normalized spacial score (nSPS) is 11.3. The Morgan fingerprint density at radius 1 is 0.892 bits per heavy atom.